The lowest BCUT2D eigenvalue weighted by Crippen LogP contribution is -2.46. The summed E-state index contributed by atoms with van der Waals surface area (Å²) < 4.78 is 49.4. The van der Waals surface area contributed by atoms with Crippen molar-refractivity contribution >= 4 is 40.7 Å². The first kappa shape index (κ1) is 24.2. The molecule has 0 spiro atoms. The van der Waals surface area contributed by atoms with E-state index in [1.165, 1.54) is 4.90 Å². The number of benzene rings is 1. The minimum Gasteiger partial charge on any atom is -0.355 e. The second-order valence-corrected chi connectivity index (χ2v) is 7.83. The number of hydrogen-bond donors (Lipinski definition) is 2. The Balaban J connectivity index is 0.00000364. The number of nitrogens with one attached hydrogen (secondary N) is 2. The summed E-state index contributed by atoms with van der Waals surface area (Å²) >= 11 is 0. The zero-order valence-electron chi connectivity index (χ0n) is 15.2. The first-order valence-electron chi connectivity index (χ1n) is 8.51. The number of alkyl halides is 3. The zero-order valence-corrected chi connectivity index (χ0v) is 18.3. The third-order valence-corrected chi connectivity index (χ3v) is 5.35. The van der Waals surface area contributed by atoms with E-state index in [1.54, 1.807) is 7.05 Å². The normalized spacial score (nSPS) is 19.4. The van der Waals surface area contributed by atoms with E-state index in [9.17, 15) is 17.4 Å². The molecule has 2 unspecified atom stereocenters. The standard InChI is InChI=1S/C17H25F3N4OS.HI/c1-21-16(23-15-7-9-24(11-15)13-17(18,19)20)22-8-10-26(25)12-14-5-3-2-4-6-14;/h2-6,15H,7-13H2,1H3,(H2,21,22,23);1H. The molecule has 2 atom stereocenters. The molecule has 1 aliphatic rings. The highest BCUT2D eigenvalue weighted by atomic mass is 127. The quantitative estimate of drug-likeness (QED) is 0.331. The van der Waals surface area contributed by atoms with E-state index in [4.69, 9.17) is 0 Å². The smallest absolute Gasteiger partial charge is 0.355 e. The van der Waals surface area contributed by atoms with Gasteiger partial charge in [0, 0.05) is 55.0 Å². The van der Waals surface area contributed by atoms with Gasteiger partial charge in [0.05, 0.1) is 6.54 Å². The number of hydrogen-bond acceptors (Lipinski definition) is 3. The van der Waals surface area contributed by atoms with Crippen molar-refractivity contribution in [1.82, 2.24) is 15.5 Å². The Hall–Kier alpha value is -0.880. The van der Waals surface area contributed by atoms with Gasteiger partial charge >= 0.3 is 6.18 Å². The van der Waals surface area contributed by atoms with Crippen LogP contribution in [0.1, 0.15) is 12.0 Å². The summed E-state index contributed by atoms with van der Waals surface area (Å²) in [5.41, 5.74) is 1.03. The van der Waals surface area contributed by atoms with Gasteiger partial charge in [0.2, 0.25) is 0 Å². The molecule has 0 bridgehead atoms. The van der Waals surface area contributed by atoms with Crippen LogP contribution in [0.3, 0.4) is 0 Å². The van der Waals surface area contributed by atoms with Crippen molar-refractivity contribution in [3.63, 3.8) is 0 Å². The van der Waals surface area contributed by atoms with Crippen LogP contribution in [-0.2, 0) is 16.6 Å². The lowest BCUT2D eigenvalue weighted by Gasteiger charge is -2.19. The molecular weight excluding hydrogens is 492 g/mol. The van der Waals surface area contributed by atoms with Crippen LogP contribution in [0.4, 0.5) is 13.2 Å². The first-order chi connectivity index (χ1) is 12.4. The maximum absolute atomic E-state index is 12.4. The molecule has 27 heavy (non-hydrogen) atoms. The summed E-state index contributed by atoms with van der Waals surface area (Å²) in [5.74, 6) is 1.50. The number of guanidine groups is 1. The molecule has 2 N–H and O–H groups in total. The van der Waals surface area contributed by atoms with Gasteiger partial charge in [-0.1, -0.05) is 30.3 Å². The van der Waals surface area contributed by atoms with Gasteiger partial charge in [-0.05, 0) is 12.0 Å². The third-order valence-electron chi connectivity index (χ3n) is 4.03. The Morgan fingerprint density at radius 2 is 2.04 bits per heavy atom. The highest BCUT2D eigenvalue weighted by Crippen LogP contribution is 2.19. The maximum atomic E-state index is 12.4. The van der Waals surface area contributed by atoms with E-state index >= 15 is 0 Å². The second-order valence-electron chi connectivity index (χ2n) is 6.25. The summed E-state index contributed by atoms with van der Waals surface area (Å²) in [4.78, 5) is 5.48. The number of halogens is 4. The lowest BCUT2D eigenvalue weighted by molar-refractivity contribution is -0.143. The molecule has 0 radical (unpaired) electrons. The van der Waals surface area contributed by atoms with E-state index in [0.29, 0.717) is 43.5 Å². The van der Waals surface area contributed by atoms with E-state index in [-0.39, 0.29) is 30.0 Å². The average Bonchev–Trinajstić information content (AvgIpc) is 2.99. The minimum absolute atomic E-state index is 0. The molecule has 0 saturated carbocycles. The Labute approximate surface area is 177 Å². The van der Waals surface area contributed by atoms with Crippen LogP contribution in [0.5, 0.6) is 0 Å². The van der Waals surface area contributed by atoms with E-state index in [2.05, 4.69) is 15.6 Å². The number of aliphatic imine (C=N–C) groups is 1. The molecule has 5 nitrogen and oxygen atoms in total. The van der Waals surface area contributed by atoms with Gasteiger partial charge in [-0.25, -0.2) is 0 Å². The van der Waals surface area contributed by atoms with Gasteiger partial charge in [-0.15, -0.1) is 24.0 Å². The van der Waals surface area contributed by atoms with Crippen LogP contribution in [0, 0.1) is 0 Å². The Kier molecular flexibility index (Phi) is 10.6. The van der Waals surface area contributed by atoms with Crippen LogP contribution >= 0.6 is 24.0 Å². The van der Waals surface area contributed by atoms with Gasteiger partial charge in [0.1, 0.15) is 0 Å². The van der Waals surface area contributed by atoms with E-state index < -0.39 is 23.5 Å². The van der Waals surface area contributed by atoms with Crippen molar-refractivity contribution < 1.29 is 17.4 Å². The molecule has 0 amide bonds. The summed E-state index contributed by atoms with van der Waals surface area (Å²) in [6, 6.07) is 9.57. The van der Waals surface area contributed by atoms with Crippen molar-refractivity contribution in [1.29, 1.82) is 0 Å². The van der Waals surface area contributed by atoms with Crippen LogP contribution in [0.25, 0.3) is 0 Å². The Bertz CT molecular complexity index is 616. The third kappa shape index (κ3) is 9.74. The molecule has 1 fully saturated rings. The molecule has 154 valence electrons. The van der Waals surface area contributed by atoms with Gasteiger partial charge in [0.15, 0.2) is 5.96 Å². The van der Waals surface area contributed by atoms with Crippen LogP contribution in [-0.4, -0.2) is 66.3 Å². The van der Waals surface area contributed by atoms with Gasteiger partial charge in [-0.2, -0.15) is 13.2 Å². The SMILES string of the molecule is CN=C(NCCS(=O)Cc1ccccc1)NC1CCN(CC(F)(F)F)C1.I. The Morgan fingerprint density at radius 1 is 1.33 bits per heavy atom. The van der Waals surface area contributed by atoms with Crippen LogP contribution in [0.2, 0.25) is 0 Å². The molecule has 0 aliphatic carbocycles. The van der Waals surface area contributed by atoms with E-state index in [0.717, 1.165) is 5.56 Å². The molecule has 1 aliphatic heterocycles. The molecule has 1 heterocycles. The predicted octanol–water partition coefficient (Wildman–Crippen LogP) is 2.35. The summed E-state index contributed by atoms with van der Waals surface area (Å²) in [5, 5.41) is 6.22. The monoisotopic (exact) mass is 518 g/mol. The average molecular weight is 518 g/mol. The zero-order chi connectivity index (χ0) is 19.0. The minimum atomic E-state index is -4.17. The molecule has 1 aromatic rings. The van der Waals surface area contributed by atoms with Crippen LogP contribution < -0.4 is 10.6 Å². The van der Waals surface area contributed by atoms with Gasteiger partial charge in [0.25, 0.3) is 0 Å². The molecule has 1 aromatic carbocycles. The van der Waals surface area contributed by atoms with Crippen molar-refractivity contribution in [3.8, 4) is 0 Å². The fraction of sp³-hybridized carbons (Fsp3) is 0.588. The summed E-state index contributed by atoms with van der Waals surface area (Å²) in [7, 11) is 0.621. The number of nitrogens with zero attached hydrogens (tertiary/aromatic N) is 2. The highest BCUT2D eigenvalue weighted by Gasteiger charge is 2.34. The largest absolute Gasteiger partial charge is 0.401 e. The highest BCUT2D eigenvalue weighted by molar-refractivity contribution is 14.0. The van der Waals surface area contributed by atoms with Crippen molar-refractivity contribution in [3.05, 3.63) is 35.9 Å². The topological polar surface area (TPSA) is 56.7 Å². The van der Waals surface area contributed by atoms with Crippen molar-refractivity contribution in [2.75, 3.05) is 39.0 Å². The van der Waals surface area contributed by atoms with Gasteiger partial charge < -0.3 is 10.6 Å². The second kappa shape index (κ2) is 11.8. The maximum Gasteiger partial charge on any atom is 0.401 e. The molecule has 2 rings (SSSR count). The fourth-order valence-electron chi connectivity index (χ4n) is 2.85. The molecule has 0 aromatic heterocycles. The fourth-order valence-corrected chi connectivity index (χ4v) is 3.89. The molecular formula is C17H26F3IN4OS. The summed E-state index contributed by atoms with van der Waals surface area (Å²) in [6.45, 7) is 0.350. The number of likely N-dealkylation sites (tertiary alicyclic amines) is 1. The lowest BCUT2D eigenvalue weighted by atomic mass is 10.2. The van der Waals surface area contributed by atoms with Crippen molar-refractivity contribution in [2.24, 2.45) is 4.99 Å². The van der Waals surface area contributed by atoms with Crippen LogP contribution in [0.15, 0.2) is 35.3 Å². The van der Waals surface area contributed by atoms with Gasteiger partial charge in [-0.3, -0.25) is 14.1 Å². The predicted molar refractivity (Wildman–Crippen MR) is 114 cm³/mol. The summed E-state index contributed by atoms with van der Waals surface area (Å²) in [6.07, 6.45) is -3.53. The molecule has 1 saturated heterocycles. The van der Waals surface area contributed by atoms with E-state index in [1.807, 2.05) is 30.3 Å². The Morgan fingerprint density at radius 3 is 2.67 bits per heavy atom. The number of rotatable bonds is 7. The van der Waals surface area contributed by atoms with Crippen molar-refractivity contribution in [2.45, 2.75) is 24.4 Å². The first-order valence-corrected chi connectivity index (χ1v) is 10.00. The molecule has 10 heteroatoms.